The quantitative estimate of drug-likeness (QED) is 0.226. The number of hydrogen-bond donors (Lipinski definition) is 0. The molecule has 13 heteroatoms. The normalized spacial score (nSPS) is 16.4. The molecule has 114 valence electrons. The average Bonchev–Trinajstić information content (AvgIpc) is 1.92. The first-order valence-corrected chi connectivity index (χ1v) is 8.86. The van der Waals surface area contributed by atoms with Crippen LogP contribution >= 0.6 is 24.9 Å². The van der Waals surface area contributed by atoms with E-state index in [4.69, 9.17) is 4.52 Å². The molecule has 0 rings (SSSR count). The molecule has 0 saturated carbocycles. The summed E-state index contributed by atoms with van der Waals surface area (Å²) in [5.74, 6) is 0. The first-order chi connectivity index (χ1) is 7.40. The van der Waals surface area contributed by atoms with Gasteiger partial charge in [-0.3, -0.25) is 0 Å². The van der Waals surface area contributed by atoms with E-state index in [-0.39, 0.29) is 0 Å². The van der Waals surface area contributed by atoms with Gasteiger partial charge in [-0.25, -0.2) is 9.48 Å². The number of hydrogen-bond acceptors (Lipinski definition) is 1. The zero-order valence-corrected chi connectivity index (χ0v) is 12.9. The van der Waals surface area contributed by atoms with Crippen molar-refractivity contribution in [3.05, 3.63) is 0 Å². The second kappa shape index (κ2) is 5.59. The summed E-state index contributed by atoms with van der Waals surface area (Å²) in [4.78, 5) is 1.72. The fourth-order valence-corrected chi connectivity index (χ4v) is 1.41. The molecule has 0 radical (unpaired) electrons. The second-order valence-electron chi connectivity index (χ2n) is 3.39. The van der Waals surface area contributed by atoms with Crippen LogP contribution in [-0.2, 0) is 4.52 Å². The van der Waals surface area contributed by atoms with Crippen LogP contribution in [0.5, 0.6) is 0 Å². The van der Waals surface area contributed by atoms with Crippen molar-refractivity contribution in [2.24, 2.45) is 0 Å². The van der Waals surface area contributed by atoms with Gasteiger partial charge in [0.05, 0.1) is 28.2 Å². The average molecular weight is 344 g/mol. The molecule has 0 saturated heterocycles. The first kappa shape index (κ1) is 20.4. The van der Waals surface area contributed by atoms with Gasteiger partial charge in [0.2, 0.25) is 0 Å². The van der Waals surface area contributed by atoms with E-state index in [0.29, 0.717) is 6.02 Å². The zero-order valence-electron chi connectivity index (χ0n) is 9.92. The van der Waals surface area contributed by atoms with Crippen molar-refractivity contribution >= 4 is 30.9 Å². The molecule has 0 bridgehead atoms. The minimum atomic E-state index is -10.7. The van der Waals surface area contributed by atoms with Crippen molar-refractivity contribution in [1.82, 2.24) is 4.90 Å². The summed E-state index contributed by atoms with van der Waals surface area (Å²) in [5, 5.41) is 0. The zero-order chi connectivity index (χ0) is 15.4. The van der Waals surface area contributed by atoms with Crippen molar-refractivity contribution in [2.45, 2.75) is 0 Å². The molecule has 0 aliphatic heterocycles. The van der Waals surface area contributed by atoms with E-state index in [1.54, 1.807) is 37.7 Å². The Labute approximate surface area is 103 Å². The fraction of sp³-hybridized carbons (Fsp3) is 0.800. The molecule has 0 aromatic rings. The Hall–Kier alpha value is 0.0700. The van der Waals surface area contributed by atoms with Gasteiger partial charge in [-0.2, -0.15) is 4.20 Å². The molecule has 0 amide bonds. The van der Waals surface area contributed by atoms with Crippen LogP contribution in [0.25, 0.3) is 0 Å². The van der Waals surface area contributed by atoms with Crippen LogP contribution in [0.4, 0.5) is 29.4 Å². The fourth-order valence-electron chi connectivity index (χ4n) is 0.641. The molecule has 2 atom stereocenters. The van der Waals surface area contributed by atoms with Crippen LogP contribution in [-0.4, -0.2) is 43.7 Å². The van der Waals surface area contributed by atoms with Crippen molar-refractivity contribution in [1.29, 1.82) is 0 Å². The topological polar surface area (TPSA) is 15.5 Å². The number of rotatable bonds is 1. The van der Waals surface area contributed by atoms with E-state index in [2.05, 4.69) is 0 Å². The first-order valence-electron chi connectivity index (χ1n) is 4.06. The van der Waals surface area contributed by atoms with Crippen LogP contribution in [0.1, 0.15) is 0 Å². The third-order valence-electron chi connectivity index (χ3n) is 0.934. The predicted molar refractivity (Wildman–Crippen MR) is 63.2 cm³/mol. The Bertz CT molecular complexity index is 295. The maximum absolute atomic E-state index is 12.4. The molecular weight excluding hydrogens is 330 g/mol. The molecule has 0 N–H and O–H groups in total. The van der Waals surface area contributed by atoms with Gasteiger partial charge in [0.1, 0.15) is 0 Å². The predicted octanol–water partition coefficient (Wildman–Crippen LogP) is 4.65. The van der Waals surface area contributed by atoms with E-state index < -0.39 is 16.0 Å². The van der Waals surface area contributed by atoms with Crippen molar-refractivity contribution in [2.75, 3.05) is 28.2 Å². The summed E-state index contributed by atoms with van der Waals surface area (Å²) in [5.41, 5.74) is 0. The molecule has 3 nitrogen and oxygen atoms in total. The molecule has 2 unspecified atom stereocenters. The minimum absolute atomic E-state index is 0.522. The van der Waals surface area contributed by atoms with Crippen LogP contribution in [0.3, 0.4) is 0 Å². The van der Waals surface area contributed by atoms with Crippen LogP contribution in [0, 0.1) is 0 Å². The summed E-state index contributed by atoms with van der Waals surface area (Å²) in [6, 6.07) is 0.522. The number of halogens is 7. The molecule has 18 heavy (non-hydrogen) atoms. The van der Waals surface area contributed by atoms with E-state index in [1.165, 1.54) is 0 Å². The van der Waals surface area contributed by atoms with Gasteiger partial charge in [-0.05, 0) is 8.93 Å². The van der Waals surface area contributed by atoms with Gasteiger partial charge >= 0.3 is 39.0 Å². The molecule has 0 aromatic carbocycles. The second-order valence-corrected chi connectivity index (χ2v) is 7.25. The standard InChI is InChI=1S/C5H14FN2OP2.F6P/c1-7(2)5(8(3)4)9-11(6)10;1-7(2,3,4,5)6/h10H2,1-4H3;/q+1;-1. The van der Waals surface area contributed by atoms with Crippen LogP contribution in [0.2, 0.25) is 0 Å². The van der Waals surface area contributed by atoms with Gasteiger partial charge in [0.25, 0.3) is 8.15 Å². The Morgan fingerprint density at radius 1 is 1.11 bits per heavy atom. The van der Waals surface area contributed by atoms with Crippen LogP contribution < -0.4 is 0 Å². The third-order valence-corrected chi connectivity index (χ3v) is 1.59. The molecule has 0 heterocycles. The Morgan fingerprint density at radius 2 is 1.39 bits per heavy atom. The summed E-state index contributed by atoms with van der Waals surface area (Å²) >= 11 is 0. The Kier molecular flexibility index (Phi) is 6.34. The maximum atomic E-state index is 12.4. The Balaban J connectivity index is 0. The SMILES string of the molecule is CN(C)C(OP(F)P)=[N+](C)C.F[P-](F)(F)(F)(F)F. The van der Waals surface area contributed by atoms with Crippen molar-refractivity contribution < 1.29 is 38.5 Å². The van der Waals surface area contributed by atoms with E-state index in [9.17, 15) is 29.4 Å². The summed E-state index contributed by atoms with van der Waals surface area (Å²) in [6.07, 6.45) is 0. The summed E-state index contributed by atoms with van der Waals surface area (Å²) in [7, 11) is -3.35. The monoisotopic (exact) mass is 344 g/mol. The molecule has 0 aromatic heterocycles. The summed E-state index contributed by atoms with van der Waals surface area (Å²) in [6.45, 7) is 0. The third kappa shape index (κ3) is 25.1. The molecule has 0 spiro atoms. The molecule has 0 fully saturated rings. The van der Waals surface area contributed by atoms with Gasteiger partial charge in [-0.1, -0.05) is 0 Å². The molecular formula is C5H14F7N2OP3. The van der Waals surface area contributed by atoms with E-state index >= 15 is 0 Å². The number of nitrogens with zero attached hydrogens (tertiary/aromatic N) is 2. The number of amidine groups is 1. The summed E-state index contributed by atoms with van der Waals surface area (Å²) < 4.78 is 78.2. The Morgan fingerprint density at radius 3 is 1.44 bits per heavy atom. The van der Waals surface area contributed by atoms with Gasteiger partial charge in [0.15, 0.2) is 0 Å². The van der Waals surface area contributed by atoms with E-state index in [1.807, 2.05) is 8.93 Å². The van der Waals surface area contributed by atoms with Gasteiger partial charge in [0, 0.05) is 0 Å². The van der Waals surface area contributed by atoms with Crippen LogP contribution in [0.15, 0.2) is 0 Å². The molecule has 0 aliphatic rings. The van der Waals surface area contributed by atoms with Gasteiger partial charge < -0.3 is 4.52 Å². The van der Waals surface area contributed by atoms with Crippen molar-refractivity contribution in [3.63, 3.8) is 0 Å². The van der Waals surface area contributed by atoms with Gasteiger partial charge in [-0.15, -0.1) is 0 Å². The van der Waals surface area contributed by atoms with Crippen molar-refractivity contribution in [3.8, 4) is 0 Å². The molecule has 0 aliphatic carbocycles. The van der Waals surface area contributed by atoms with E-state index in [0.717, 1.165) is 0 Å².